The van der Waals surface area contributed by atoms with E-state index in [4.69, 9.17) is 23.7 Å². The van der Waals surface area contributed by atoms with E-state index in [0.717, 1.165) is 11.6 Å². The lowest BCUT2D eigenvalue weighted by molar-refractivity contribution is 0.104. The van der Waals surface area contributed by atoms with Crippen molar-refractivity contribution in [3.05, 3.63) is 77.2 Å². The van der Waals surface area contributed by atoms with Crippen molar-refractivity contribution >= 4 is 23.6 Å². The van der Waals surface area contributed by atoms with E-state index in [0.29, 0.717) is 28.5 Å². The van der Waals surface area contributed by atoms with Crippen molar-refractivity contribution in [3.63, 3.8) is 0 Å². The zero-order valence-corrected chi connectivity index (χ0v) is 21.1. The molecule has 3 aromatic carbocycles. The van der Waals surface area contributed by atoms with Gasteiger partial charge in [-0.05, 0) is 42.0 Å². The van der Waals surface area contributed by atoms with Crippen molar-refractivity contribution in [1.29, 1.82) is 0 Å². The van der Waals surface area contributed by atoms with Gasteiger partial charge < -0.3 is 34.1 Å². The average molecular weight is 510 g/mol. The van der Waals surface area contributed by atoms with Gasteiger partial charge in [0.1, 0.15) is 0 Å². The third-order valence-corrected chi connectivity index (χ3v) is 5.40. The van der Waals surface area contributed by atoms with Crippen LogP contribution in [0.5, 0.6) is 34.5 Å². The molecule has 0 saturated carbocycles. The van der Waals surface area contributed by atoms with Gasteiger partial charge in [-0.15, -0.1) is 0 Å². The normalized spacial score (nSPS) is 11.0. The molecule has 3 aromatic rings. The van der Waals surface area contributed by atoms with Crippen LogP contribution < -0.4 is 29.0 Å². The summed E-state index contributed by atoms with van der Waals surface area (Å²) >= 11 is 0. The predicted molar refractivity (Wildman–Crippen MR) is 140 cm³/mol. The molecular formula is C28H28FNO7. The van der Waals surface area contributed by atoms with Gasteiger partial charge in [-0.3, -0.25) is 4.79 Å². The number of ketones is 1. The second-order valence-corrected chi connectivity index (χ2v) is 7.59. The molecule has 0 amide bonds. The Morgan fingerprint density at radius 2 is 1.46 bits per heavy atom. The summed E-state index contributed by atoms with van der Waals surface area (Å²) in [5.74, 6) is 0.654. The van der Waals surface area contributed by atoms with Crippen LogP contribution in [0.25, 0.3) is 12.2 Å². The molecule has 0 radical (unpaired) electrons. The SMILES string of the molecule is COc1cc(NC=CC(=O)c2ccc(OC)c(F)c2)c(C=Cc2cc(OC)c(OC)c(OC)c2)cc1O. The number of phenols is 1. The van der Waals surface area contributed by atoms with E-state index >= 15 is 0 Å². The third kappa shape index (κ3) is 6.32. The van der Waals surface area contributed by atoms with Crippen LogP contribution in [-0.2, 0) is 0 Å². The van der Waals surface area contributed by atoms with Crippen LogP contribution in [-0.4, -0.2) is 46.4 Å². The Bertz CT molecular complexity index is 1310. The van der Waals surface area contributed by atoms with Gasteiger partial charge in [-0.2, -0.15) is 0 Å². The van der Waals surface area contributed by atoms with Crippen LogP contribution in [0.15, 0.2) is 54.7 Å². The minimum atomic E-state index is -0.628. The highest BCUT2D eigenvalue weighted by atomic mass is 19.1. The first-order chi connectivity index (χ1) is 17.8. The molecule has 0 aliphatic heterocycles. The molecule has 0 aliphatic rings. The minimum absolute atomic E-state index is 0.0540. The van der Waals surface area contributed by atoms with Gasteiger partial charge >= 0.3 is 0 Å². The molecular weight excluding hydrogens is 481 g/mol. The minimum Gasteiger partial charge on any atom is -0.504 e. The van der Waals surface area contributed by atoms with E-state index in [2.05, 4.69) is 5.32 Å². The zero-order chi connectivity index (χ0) is 26.9. The average Bonchev–Trinajstić information content (AvgIpc) is 2.91. The quantitative estimate of drug-likeness (QED) is 0.150. The lowest BCUT2D eigenvalue weighted by atomic mass is 10.1. The molecule has 0 fully saturated rings. The van der Waals surface area contributed by atoms with Crippen molar-refractivity contribution < 1.29 is 38.0 Å². The van der Waals surface area contributed by atoms with Crippen molar-refractivity contribution in [2.45, 2.75) is 0 Å². The molecule has 0 bridgehead atoms. The number of nitrogens with one attached hydrogen (secondary N) is 1. The summed E-state index contributed by atoms with van der Waals surface area (Å²) in [7, 11) is 7.37. The van der Waals surface area contributed by atoms with Gasteiger partial charge in [0.05, 0.1) is 35.5 Å². The number of halogens is 1. The molecule has 194 valence electrons. The van der Waals surface area contributed by atoms with Crippen LogP contribution in [0.4, 0.5) is 10.1 Å². The van der Waals surface area contributed by atoms with E-state index < -0.39 is 11.6 Å². The highest BCUT2D eigenvalue weighted by molar-refractivity contribution is 6.04. The molecule has 8 nitrogen and oxygen atoms in total. The van der Waals surface area contributed by atoms with Gasteiger partial charge in [-0.1, -0.05) is 12.2 Å². The summed E-state index contributed by atoms with van der Waals surface area (Å²) in [5, 5.41) is 13.3. The van der Waals surface area contributed by atoms with E-state index in [1.165, 1.54) is 66.0 Å². The standard InChI is InChI=1S/C28H28FNO7/c1-33-24-9-8-19(14-20(24)29)22(31)10-11-30-21-16-25(34-2)23(32)15-18(21)7-6-17-12-26(35-3)28(37-5)27(13-17)36-4/h6-16,30,32H,1-5H3. The van der Waals surface area contributed by atoms with Gasteiger partial charge in [0, 0.05) is 35.2 Å². The first-order valence-electron chi connectivity index (χ1n) is 11.0. The molecule has 2 N–H and O–H groups in total. The number of benzene rings is 3. The van der Waals surface area contributed by atoms with E-state index in [1.54, 1.807) is 30.4 Å². The molecule has 37 heavy (non-hydrogen) atoms. The Labute approximate surface area is 214 Å². The second-order valence-electron chi connectivity index (χ2n) is 7.59. The highest BCUT2D eigenvalue weighted by Gasteiger charge is 2.13. The van der Waals surface area contributed by atoms with Gasteiger partial charge in [0.15, 0.2) is 40.3 Å². The van der Waals surface area contributed by atoms with Crippen molar-refractivity contribution in [2.24, 2.45) is 0 Å². The molecule has 0 saturated heterocycles. The molecule has 0 aromatic heterocycles. The number of phenolic OH excluding ortho intramolecular Hbond substituents is 1. The van der Waals surface area contributed by atoms with Gasteiger partial charge in [0.2, 0.25) is 5.75 Å². The lowest BCUT2D eigenvalue weighted by Gasteiger charge is -2.13. The van der Waals surface area contributed by atoms with Crippen molar-refractivity contribution in [1.82, 2.24) is 0 Å². The van der Waals surface area contributed by atoms with E-state index in [1.807, 2.05) is 0 Å². The summed E-state index contributed by atoms with van der Waals surface area (Å²) in [6.07, 6.45) is 6.25. The molecule has 0 unspecified atom stereocenters. The third-order valence-electron chi connectivity index (χ3n) is 5.40. The van der Waals surface area contributed by atoms with Crippen molar-refractivity contribution in [2.75, 3.05) is 40.9 Å². The molecule has 0 atom stereocenters. The summed E-state index contributed by atoms with van der Waals surface area (Å²) in [6, 6.07) is 10.6. The molecule has 0 aliphatic carbocycles. The zero-order valence-electron chi connectivity index (χ0n) is 21.1. The number of rotatable bonds is 11. The number of aromatic hydroxyl groups is 1. The van der Waals surface area contributed by atoms with Crippen LogP contribution >= 0.6 is 0 Å². The van der Waals surface area contributed by atoms with Gasteiger partial charge in [0.25, 0.3) is 0 Å². The lowest BCUT2D eigenvalue weighted by Crippen LogP contribution is -1.99. The second kappa shape index (κ2) is 12.3. The number of anilines is 1. The molecule has 0 heterocycles. The van der Waals surface area contributed by atoms with Crippen LogP contribution in [0.1, 0.15) is 21.5 Å². The number of carbonyl (C=O) groups is 1. The Balaban J connectivity index is 1.89. The number of ether oxygens (including phenoxy) is 5. The summed E-state index contributed by atoms with van der Waals surface area (Å²) in [6.45, 7) is 0. The smallest absolute Gasteiger partial charge is 0.203 e. The fourth-order valence-corrected chi connectivity index (χ4v) is 3.52. The Morgan fingerprint density at radius 1 is 0.811 bits per heavy atom. The largest absolute Gasteiger partial charge is 0.504 e. The van der Waals surface area contributed by atoms with Crippen molar-refractivity contribution in [3.8, 4) is 34.5 Å². The summed E-state index contributed by atoms with van der Waals surface area (Å²) < 4.78 is 40.2. The Hall–Kier alpha value is -4.66. The summed E-state index contributed by atoms with van der Waals surface area (Å²) in [5.41, 5.74) is 2.06. The number of hydrogen-bond donors (Lipinski definition) is 2. The fraction of sp³-hybridized carbons (Fsp3) is 0.179. The van der Waals surface area contributed by atoms with E-state index in [-0.39, 0.29) is 22.8 Å². The number of methoxy groups -OCH3 is 5. The molecule has 3 rings (SSSR count). The van der Waals surface area contributed by atoms with E-state index in [9.17, 15) is 14.3 Å². The maximum absolute atomic E-state index is 13.9. The Kier molecular flexibility index (Phi) is 8.99. The molecule has 9 heteroatoms. The first-order valence-corrected chi connectivity index (χ1v) is 11.0. The maximum atomic E-state index is 13.9. The van der Waals surface area contributed by atoms with Gasteiger partial charge in [-0.25, -0.2) is 4.39 Å². The number of hydrogen-bond acceptors (Lipinski definition) is 8. The molecule has 0 spiro atoms. The maximum Gasteiger partial charge on any atom is 0.203 e. The van der Waals surface area contributed by atoms with Crippen LogP contribution in [0.2, 0.25) is 0 Å². The topological polar surface area (TPSA) is 95.5 Å². The number of allylic oxidation sites excluding steroid dienone is 1. The monoisotopic (exact) mass is 509 g/mol. The highest BCUT2D eigenvalue weighted by Crippen LogP contribution is 2.39. The van der Waals surface area contributed by atoms with Crippen LogP contribution in [0.3, 0.4) is 0 Å². The fourth-order valence-electron chi connectivity index (χ4n) is 3.52. The van der Waals surface area contributed by atoms with Crippen LogP contribution in [0, 0.1) is 5.82 Å². The Morgan fingerprint density at radius 3 is 2.03 bits per heavy atom. The first kappa shape index (κ1) is 26.9. The number of carbonyl (C=O) groups excluding carboxylic acids is 1. The summed E-state index contributed by atoms with van der Waals surface area (Å²) in [4.78, 5) is 12.5. The predicted octanol–water partition coefficient (Wildman–Crippen LogP) is 5.55.